The third-order valence-corrected chi connectivity index (χ3v) is 5.70. The molecule has 1 aliphatic carbocycles. The van der Waals surface area contributed by atoms with Crippen molar-refractivity contribution in [3.8, 4) is 5.75 Å². The molecule has 1 N–H and O–H groups in total. The van der Waals surface area contributed by atoms with Gasteiger partial charge in [-0.2, -0.15) is 0 Å². The van der Waals surface area contributed by atoms with Gasteiger partial charge in [0, 0.05) is 36.7 Å². The summed E-state index contributed by atoms with van der Waals surface area (Å²) in [5, 5.41) is 2.99. The number of carbonyl (C=O) groups is 2. The summed E-state index contributed by atoms with van der Waals surface area (Å²) in [4.78, 5) is 27.4. The van der Waals surface area contributed by atoms with Crippen LogP contribution in [-0.4, -0.2) is 36.9 Å². The van der Waals surface area contributed by atoms with Crippen molar-refractivity contribution in [1.82, 2.24) is 4.90 Å². The van der Waals surface area contributed by atoms with Gasteiger partial charge in [-0.15, -0.1) is 0 Å². The van der Waals surface area contributed by atoms with Crippen LogP contribution in [0.4, 0.5) is 5.69 Å². The lowest BCUT2D eigenvalue weighted by Gasteiger charge is -2.31. The summed E-state index contributed by atoms with van der Waals surface area (Å²) in [6, 6.07) is 7.42. The number of nitrogens with one attached hydrogen (secondary N) is 1. The summed E-state index contributed by atoms with van der Waals surface area (Å²) in [5.74, 6) is 1.20. The molecular formula is C21H30N2O3. The molecule has 1 heterocycles. The molecule has 0 atom stereocenters. The van der Waals surface area contributed by atoms with Crippen molar-refractivity contribution in [2.75, 3.05) is 25.5 Å². The lowest BCUT2D eigenvalue weighted by atomic mass is 9.81. The maximum atomic E-state index is 12.8. The number of nitrogens with zero attached hydrogens (tertiary/aromatic N) is 1. The normalized spacial score (nSPS) is 23.8. The van der Waals surface area contributed by atoms with Crippen LogP contribution in [0.3, 0.4) is 0 Å². The van der Waals surface area contributed by atoms with Gasteiger partial charge in [0.15, 0.2) is 0 Å². The van der Waals surface area contributed by atoms with Gasteiger partial charge in [-0.3, -0.25) is 9.59 Å². The minimum atomic E-state index is -0.00520. The highest BCUT2D eigenvalue weighted by Crippen LogP contribution is 2.31. The van der Waals surface area contributed by atoms with Crippen LogP contribution in [0.15, 0.2) is 24.3 Å². The van der Waals surface area contributed by atoms with Gasteiger partial charge in [0.25, 0.3) is 0 Å². The summed E-state index contributed by atoms with van der Waals surface area (Å²) in [6.07, 6.45) is 7.97. The van der Waals surface area contributed by atoms with Crippen molar-refractivity contribution in [3.63, 3.8) is 0 Å². The van der Waals surface area contributed by atoms with E-state index < -0.39 is 0 Å². The zero-order valence-electron chi connectivity index (χ0n) is 15.7. The molecule has 5 nitrogen and oxygen atoms in total. The molecule has 2 amide bonds. The molecule has 0 radical (unpaired) electrons. The molecule has 142 valence electrons. The van der Waals surface area contributed by atoms with E-state index in [2.05, 4.69) is 10.2 Å². The van der Waals surface area contributed by atoms with Gasteiger partial charge in [0.05, 0.1) is 7.11 Å². The Morgan fingerprint density at radius 3 is 2.31 bits per heavy atom. The van der Waals surface area contributed by atoms with E-state index in [1.165, 1.54) is 12.8 Å². The highest BCUT2D eigenvalue weighted by molar-refractivity contribution is 5.93. The van der Waals surface area contributed by atoms with E-state index in [1.54, 1.807) is 7.11 Å². The Morgan fingerprint density at radius 1 is 1.00 bits per heavy atom. The van der Waals surface area contributed by atoms with Crippen molar-refractivity contribution in [3.05, 3.63) is 24.3 Å². The molecule has 3 rings (SSSR count). The Hall–Kier alpha value is -2.04. The molecular weight excluding hydrogens is 328 g/mol. The topological polar surface area (TPSA) is 58.6 Å². The van der Waals surface area contributed by atoms with Gasteiger partial charge in [-0.1, -0.05) is 18.9 Å². The fraction of sp³-hybridized carbons (Fsp3) is 0.619. The molecule has 1 aromatic carbocycles. The third-order valence-electron chi connectivity index (χ3n) is 5.70. The minimum Gasteiger partial charge on any atom is -0.497 e. The van der Waals surface area contributed by atoms with Gasteiger partial charge in [-0.05, 0) is 50.7 Å². The van der Waals surface area contributed by atoms with E-state index in [0.29, 0.717) is 5.91 Å². The van der Waals surface area contributed by atoms with Gasteiger partial charge in [0.2, 0.25) is 11.8 Å². The average molecular weight is 358 g/mol. The predicted octanol–water partition coefficient (Wildman–Crippen LogP) is 3.84. The number of hydrogen-bond acceptors (Lipinski definition) is 3. The number of hydrogen-bond donors (Lipinski definition) is 1. The monoisotopic (exact) mass is 358 g/mol. The summed E-state index contributed by atoms with van der Waals surface area (Å²) in [7, 11) is 1.61. The molecule has 1 aliphatic heterocycles. The highest BCUT2D eigenvalue weighted by Gasteiger charge is 2.32. The number of methoxy groups -OCH3 is 1. The Labute approximate surface area is 156 Å². The van der Waals surface area contributed by atoms with Gasteiger partial charge in [0.1, 0.15) is 5.75 Å². The Balaban J connectivity index is 1.49. The largest absolute Gasteiger partial charge is 0.497 e. The number of ether oxygens (including phenoxy) is 1. The molecule has 0 aromatic heterocycles. The van der Waals surface area contributed by atoms with E-state index in [1.807, 2.05) is 24.3 Å². The average Bonchev–Trinajstić information content (AvgIpc) is 2.97. The van der Waals surface area contributed by atoms with E-state index in [0.717, 1.165) is 63.1 Å². The van der Waals surface area contributed by atoms with E-state index in [9.17, 15) is 9.59 Å². The minimum absolute atomic E-state index is 0.00520. The molecule has 0 spiro atoms. The quantitative estimate of drug-likeness (QED) is 0.889. The maximum Gasteiger partial charge on any atom is 0.227 e. The summed E-state index contributed by atoms with van der Waals surface area (Å²) < 4.78 is 5.20. The summed E-state index contributed by atoms with van der Waals surface area (Å²) in [5.41, 5.74) is 0.761. The fourth-order valence-corrected chi connectivity index (χ4v) is 4.10. The summed E-state index contributed by atoms with van der Waals surface area (Å²) in [6.45, 7) is 1.82. The Kier molecular flexibility index (Phi) is 6.53. The lowest BCUT2D eigenvalue weighted by Crippen LogP contribution is -2.39. The molecule has 0 bridgehead atoms. The first-order valence-corrected chi connectivity index (χ1v) is 9.91. The number of anilines is 1. The van der Waals surface area contributed by atoms with Crippen molar-refractivity contribution in [2.45, 2.75) is 51.4 Å². The van der Waals surface area contributed by atoms with Crippen LogP contribution in [0.5, 0.6) is 5.75 Å². The molecule has 0 unspecified atom stereocenters. The van der Waals surface area contributed by atoms with Crippen LogP contribution in [0.1, 0.15) is 51.4 Å². The van der Waals surface area contributed by atoms with Crippen LogP contribution in [0, 0.1) is 11.8 Å². The van der Waals surface area contributed by atoms with Crippen LogP contribution in [-0.2, 0) is 9.59 Å². The first-order chi connectivity index (χ1) is 12.7. The van der Waals surface area contributed by atoms with Crippen LogP contribution in [0.25, 0.3) is 0 Å². The van der Waals surface area contributed by atoms with E-state index in [-0.39, 0.29) is 17.7 Å². The zero-order chi connectivity index (χ0) is 18.4. The third kappa shape index (κ3) is 4.77. The molecule has 2 fully saturated rings. The Morgan fingerprint density at radius 2 is 1.65 bits per heavy atom. The SMILES string of the molecule is COc1cccc(NC(=O)C2CCC(C(=O)N3CCCCCC3)CC2)c1. The van der Waals surface area contributed by atoms with Crippen LogP contribution >= 0.6 is 0 Å². The van der Waals surface area contributed by atoms with Crippen molar-refractivity contribution in [1.29, 1.82) is 0 Å². The second-order valence-corrected chi connectivity index (χ2v) is 7.51. The number of benzene rings is 1. The predicted molar refractivity (Wildman–Crippen MR) is 102 cm³/mol. The lowest BCUT2D eigenvalue weighted by molar-refractivity contribution is -0.137. The maximum absolute atomic E-state index is 12.8. The highest BCUT2D eigenvalue weighted by atomic mass is 16.5. The second-order valence-electron chi connectivity index (χ2n) is 7.51. The molecule has 2 aliphatic rings. The standard InChI is InChI=1S/C21H30N2O3/c1-26-19-8-6-7-18(15-19)22-20(24)16-9-11-17(12-10-16)21(25)23-13-4-2-3-5-14-23/h6-8,15-17H,2-5,9-14H2,1H3,(H,22,24). The second kappa shape index (κ2) is 9.06. The van der Waals surface area contributed by atoms with Crippen molar-refractivity contribution < 1.29 is 14.3 Å². The van der Waals surface area contributed by atoms with E-state index in [4.69, 9.17) is 4.74 Å². The molecule has 1 saturated carbocycles. The Bertz CT molecular complexity index is 615. The number of likely N-dealkylation sites (tertiary alicyclic amines) is 1. The molecule has 5 heteroatoms. The summed E-state index contributed by atoms with van der Waals surface area (Å²) >= 11 is 0. The van der Waals surface area contributed by atoms with Crippen LogP contribution < -0.4 is 10.1 Å². The molecule has 26 heavy (non-hydrogen) atoms. The first-order valence-electron chi connectivity index (χ1n) is 9.91. The zero-order valence-corrected chi connectivity index (χ0v) is 15.7. The van der Waals surface area contributed by atoms with Gasteiger partial charge >= 0.3 is 0 Å². The van der Waals surface area contributed by atoms with E-state index >= 15 is 0 Å². The number of carbonyl (C=O) groups excluding carboxylic acids is 2. The fourth-order valence-electron chi connectivity index (χ4n) is 4.10. The molecule has 1 saturated heterocycles. The van der Waals surface area contributed by atoms with Gasteiger partial charge < -0.3 is 15.0 Å². The number of amides is 2. The van der Waals surface area contributed by atoms with Crippen molar-refractivity contribution >= 4 is 17.5 Å². The smallest absolute Gasteiger partial charge is 0.227 e. The van der Waals surface area contributed by atoms with Gasteiger partial charge in [-0.25, -0.2) is 0 Å². The van der Waals surface area contributed by atoms with Crippen molar-refractivity contribution in [2.24, 2.45) is 11.8 Å². The first kappa shape index (κ1) is 18.7. The molecule has 1 aromatic rings. The van der Waals surface area contributed by atoms with Crippen LogP contribution in [0.2, 0.25) is 0 Å². The number of rotatable bonds is 4.